The molecule has 0 spiro atoms. The summed E-state index contributed by atoms with van der Waals surface area (Å²) in [5.41, 5.74) is 2.07. The lowest BCUT2D eigenvalue weighted by molar-refractivity contribution is -0.119. The summed E-state index contributed by atoms with van der Waals surface area (Å²) in [6.45, 7) is 0.935. The third-order valence-electron chi connectivity index (χ3n) is 3.75. The van der Waals surface area contributed by atoms with E-state index in [0.29, 0.717) is 0 Å². The first-order chi connectivity index (χ1) is 10.3. The number of carbonyl (C=O) groups is 1. The average molecular weight is 286 g/mol. The quantitative estimate of drug-likeness (QED) is 0.861. The van der Waals surface area contributed by atoms with Gasteiger partial charge in [-0.05, 0) is 31.4 Å². The SMILES string of the molecule is COc1cccc2c1CCCCN2C(=O)Cn1ccnn1. The highest BCUT2D eigenvalue weighted by Crippen LogP contribution is 2.33. The van der Waals surface area contributed by atoms with Crippen molar-refractivity contribution < 1.29 is 9.53 Å². The highest BCUT2D eigenvalue weighted by molar-refractivity contribution is 5.94. The second-order valence-electron chi connectivity index (χ2n) is 5.06. The number of aromatic nitrogens is 3. The van der Waals surface area contributed by atoms with Gasteiger partial charge in [-0.1, -0.05) is 11.3 Å². The van der Waals surface area contributed by atoms with Crippen molar-refractivity contribution in [3.05, 3.63) is 36.2 Å². The molecule has 21 heavy (non-hydrogen) atoms. The second kappa shape index (κ2) is 5.95. The van der Waals surface area contributed by atoms with Gasteiger partial charge in [0.05, 0.1) is 19.0 Å². The Morgan fingerprint density at radius 1 is 1.38 bits per heavy atom. The Kier molecular flexibility index (Phi) is 3.85. The first-order valence-corrected chi connectivity index (χ1v) is 7.10. The number of carbonyl (C=O) groups excluding carboxylic acids is 1. The van der Waals surface area contributed by atoms with Gasteiger partial charge in [-0.3, -0.25) is 4.79 Å². The zero-order valence-corrected chi connectivity index (χ0v) is 12.0. The van der Waals surface area contributed by atoms with Crippen LogP contribution in [0.2, 0.25) is 0 Å². The first-order valence-electron chi connectivity index (χ1n) is 7.10. The van der Waals surface area contributed by atoms with Gasteiger partial charge >= 0.3 is 0 Å². The molecule has 0 saturated heterocycles. The van der Waals surface area contributed by atoms with Crippen LogP contribution in [0.5, 0.6) is 5.75 Å². The maximum atomic E-state index is 12.6. The fraction of sp³-hybridized carbons (Fsp3) is 0.400. The van der Waals surface area contributed by atoms with Gasteiger partial charge in [0.15, 0.2) is 0 Å². The number of anilines is 1. The highest BCUT2D eigenvalue weighted by atomic mass is 16.5. The number of hydrogen-bond donors (Lipinski definition) is 0. The Morgan fingerprint density at radius 3 is 3.05 bits per heavy atom. The van der Waals surface area contributed by atoms with Gasteiger partial charge in [0, 0.05) is 18.3 Å². The summed E-state index contributed by atoms with van der Waals surface area (Å²) in [5, 5.41) is 7.59. The zero-order chi connectivity index (χ0) is 14.7. The van der Waals surface area contributed by atoms with Crippen molar-refractivity contribution in [1.82, 2.24) is 15.0 Å². The molecule has 0 N–H and O–H groups in total. The normalized spacial score (nSPS) is 14.4. The molecule has 0 unspecified atom stereocenters. The van der Waals surface area contributed by atoms with E-state index >= 15 is 0 Å². The lowest BCUT2D eigenvalue weighted by Gasteiger charge is -2.23. The Morgan fingerprint density at radius 2 is 2.29 bits per heavy atom. The van der Waals surface area contributed by atoms with Gasteiger partial charge in [0.2, 0.25) is 5.91 Å². The molecule has 0 aliphatic carbocycles. The summed E-state index contributed by atoms with van der Waals surface area (Å²) in [5.74, 6) is 0.879. The largest absolute Gasteiger partial charge is 0.496 e. The van der Waals surface area contributed by atoms with Crippen molar-refractivity contribution in [3.8, 4) is 5.75 Å². The maximum Gasteiger partial charge on any atom is 0.248 e. The summed E-state index contributed by atoms with van der Waals surface area (Å²) in [6.07, 6.45) is 6.25. The molecule has 0 saturated carbocycles. The molecule has 0 radical (unpaired) electrons. The number of nitrogens with zero attached hydrogens (tertiary/aromatic N) is 4. The Hall–Kier alpha value is -2.37. The fourth-order valence-electron chi connectivity index (χ4n) is 2.74. The van der Waals surface area contributed by atoms with Crippen LogP contribution in [0.15, 0.2) is 30.6 Å². The minimum absolute atomic E-state index is 0.0249. The molecule has 1 aliphatic heterocycles. The monoisotopic (exact) mass is 286 g/mol. The van der Waals surface area contributed by atoms with Crippen LogP contribution in [0.25, 0.3) is 0 Å². The minimum Gasteiger partial charge on any atom is -0.496 e. The van der Waals surface area contributed by atoms with Crippen molar-refractivity contribution in [1.29, 1.82) is 0 Å². The molecule has 2 aromatic rings. The van der Waals surface area contributed by atoms with Gasteiger partial charge in [0.1, 0.15) is 12.3 Å². The Balaban J connectivity index is 1.91. The smallest absolute Gasteiger partial charge is 0.248 e. The first kappa shape index (κ1) is 13.6. The van der Waals surface area contributed by atoms with E-state index in [1.54, 1.807) is 24.2 Å². The van der Waals surface area contributed by atoms with Crippen molar-refractivity contribution in [2.45, 2.75) is 25.8 Å². The summed E-state index contributed by atoms with van der Waals surface area (Å²) >= 11 is 0. The lowest BCUT2D eigenvalue weighted by atomic mass is 10.1. The predicted octanol–water partition coefficient (Wildman–Crippen LogP) is 1.66. The fourth-order valence-corrected chi connectivity index (χ4v) is 2.74. The summed E-state index contributed by atoms with van der Waals surface area (Å²) in [7, 11) is 1.67. The molecule has 6 heteroatoms. The van der Waals surface area contributed by atoms with Crippen LogP contribution in [-0.4, -0.2) is 34.6 Å². The molecule has 6 nitrogen and oxygen atoms in total. The number of rotatable bonds is 3. The van der Waals surface area contributed by atoms with Gasteiger partial charge in [-0.15, -0.1) is 5.10 Å². The second-order valence-corrected chi connectivity index (χ2v) is 5.06. The van der Waals surface area contributed by atoms with Crippen LogP contribution in [0.4, 0.5) is 5.69 Å². The molecule has 1 aromatic carbocycles. The number of amides is 1. The van der Waals surface area contributed by atoms with Crippen molar-refractivity contribution in [2.24, 2.45) is 0 Å². The number of ether oxygens (including phenoxy) is 1. The lowest BCUT2D eigenvalue weighted by Crippen LogP contribution is -2.34. The topological polar surface area (TPSA) is 60.2 Å². The Bertz CT molecular complexity index is 625. The van der Waals surface area contributed by atoms with Crippen molar-refractivity contribution in [3.63, 3.8) is 0 Å². The predicted molar refractivity (Wildman–Crippen MR) is 78.3 cm³/mol. The van der Waals surface area contributed by atoms with Gasteiger partial charge < -0.3 is 9.64 Å². The molecule has 1 aromatic heterocycles. The number of fused-ring (bicyclic) bond motifs is 1. The number of methoxy groups -OCH3 is 1. The van der Waals surface area contributed by atoms with Crippen LogP contribution in [0.3, 0.4) is 0 Å². The highest BCUT2D eigenvalue weighted by Gasteiger charge is 2.23. The number of hydrogen-bond acceptors (Lipinski definition) is 4. The van der Waals surface area contributed by atoms with Crippen LogP contribution < -0.4 is 9.64 Å². The number of benzene rings is 1. The maximum absolute atomic E-state index is 12.6. The molecule has 0 atom stereocenters. The van der Waals surface area contributed by atoms with Gasteiger partial charge in [-0.2, -0.15) is 0 Å². The van der Waals surface area contributed by atoms with Crippen molar-refractivity contribution in [2.75, 3.05) is 18.6 Å². The standard InChI is InChI=1S/C15H18N4O2/c1-21-14-7-4-6-13-12(14)5-2-3-9-19(13)15(20)11-18-10-8-16-17-18/h4,6-8,10H,2-3,5,9,11H2,1H3. The zero-order valence-electron chi connectivity index (χ0n) is 12.0. The minimum atomic E-state index is 0.0249. The summed E-state index contributed by atoms with van der Waals surface area (Å²) in [4.78, 5) is 14.4. The van der Waals surface area contributed by atoms with E-state index < -0.39 is 0 Å². The van der Waals surface area contributed by atoms with E-state index in [4.69, 9.17) is 4.74 Å². The molecule has 2 heterocycles. The van der Waals surface area contributed by atoms with E-state index in [1.165, 1.54) is 0 Å². The van der Waals surface area contributed by atoms with Crippen LogP contribution in [-0.2, 0) is 17.8 Å². The van der Waals surface area contributed by atoms with E-state index in [9.17, 15) is 4.79 Å². The van der Waals surface area contributed by atoms with E-state index in [-0.39, 0.29) is 12.5 Å². The molecule has 3 rings (SSSR count). The van der Waals surface area contributed by atoms with Crippen LogP contribution in [0, 0.1) is 0 Å². The van der Waals surface area contributed by atoms with E-state index in [1.807, 2.05) is 23.1 Å². The van der Waals surface area contributed by atoms with E-state index in [0.717, 1.165) is 42.8 Å². The van der Waals surface area contributed by atoms with E-state index in [2.05, 4.69) is 10.3 Å². The third-order valence-corrected chi connectivity index (χ3v) is 3.75. The summed E-state index contributed by atoms with van der Waals surface area (Å²) < 4.78 is 6.99. The van der Waals surface area contributed by atoms with Gasteiger partial charge in [-0.25, -0.2) is 4.68 Å². The van der Waals surface area contributed by atoms with Crippen molar-refractivity contribution >= 4 is 11.6 Å². The molecule has 110 valence electrons. The summed E-state index contributed by atoms with van der Waals surface area (Å²) in [6, 6.07) is 5.87. The molecular formula is C15H18N4O2. The molecule has 1 amide bonds. The van der Waals surface area contributed by atoms with Crippen LogP contribution in [0.1, 0.15) is 18.4 Å². The molecule has 0 bridgehead atoms. The third kappa shape index (κ3) is 2.74. The molecule has 0 fully saturated rings. The Labute approximate surface area is 123 Å². The molecular weight excluding hydrogens is 268 g/mol. The van der Waals surface area contributed by atoms with Crippen LogP contribution >= 0.6 is 0 Å². The average Bonchev–Trinajstić information content (AvgIpc) is 2.90. The molecule has 1 aliphatic rings. The van der Waals surface area contributed by atoms with Gasteiger partial charge in [0.25, 0.3) is 0 Å².